The summed E-state index contributed by atoms with van der Waals surface area (Å²) in [6, 6.07) is 19.2. The second-order valence-electron chi connectivity index (χ2n) is 7.73. The Kier molecular flexibility index (Phi) is 8.13. The van der Waals surface area contributed by atoms with Crippen LogP contribution in [0.3, 0.4) is 0 Å². The summed E-state index contributed by atoms with van der Waals surface area (Å²) in [6.07, 6.45) is 0. The lowest BCUT2D eigenvalue weighted by atomic mass is 10.1. The van der Waals surface area contributed by atoms with Gasteiger partial charge in [-0.15, -0.1) is 0 Å². The molecule has 1 N–H and O–H groups in total. The molecule has 8 heteroatoms. The van der Waals surface area contributed by atoms with Crippen LogP contribution in [0, 0.1) is 13.8 Å². The van der Waals surface area contributed by atoms with Gasteiger partial charge in [0.15, 0.2) is 0 Å². The first-order valence-corrected chi connectivity index (χ1v) is 12.2. The van der Waals surface area contributed by atoms with Crippen molar-refractivity contribution in [3.05, 3.63) is 94.0 Å². The summed E-state index contributed by atoms with van der Waals surface area (Å²) in [6.45, 7) is 3.70. The highest BCUT2D eigenvalue weighted by Gasteiger charge is 2.27. The van der Waals surface area contributed by atoms with Crippen molar-refractivity contribution in [1.29, 1.82) is 0 Å². The van der Waals surface area contributed by atoms with Gasteiger partial charge in [0.1, 0.15) is 5.75 Å². The molecule has 0 fully saturated rings. The molecule has 3 aromatic carbocycles. The number of carbonyl (C=O) groups excluding carboxylic acids is 1. The Hall–Kier alpha value is -2.87. The maximum Gasteiger partial charge on any atom is 0.243 e. The molecule has 1 amide bonds. The summed E-state index contributed by atoms with van der Waals surface area (Å²) >= 11 is 6.23. The van der Waals surface area contributed by atoms with E-state index in [-0.39, 0.29) is 24.5 Å². The molecule has 0 aliphatic carbocycles. The molecule has 0 aliphatic rings. The quantitative estimate of drug-likeness (QED) is 0.484. The normalized spacial score (nSPS) is 11.4. The van der Waals surface area contributed by atoms with E-state index in [0.717, 1.165) is 28.0 Å². The van der Waals surface area contributed by atoms with E-state index >= 15 is 0 Å². The maximum atomic E-state index is 13.4. The highest BCUT2D eigenvalue weighted by atomic mass is 35.5. The van der Waals surface area contributed by atoms with Crippen LogP contribution < -0.4 is 10.1 Å². The zero-order chi connectivity index (χ0) is 24.0. The number of hydrogen-bond acceptors (Lipinski definition) is 4. The molecule has 0 atom stereocenters. The number of aryl methyl sites for hydroxylation is 1. The number of nitrogens with one attached hydrogen (secondary N) is 1. The predicted molar refractivity (Wildman–Crippen MR) is 130 cm³/mol. The Morgan fingerprint density at radius 3 is 2.30 bits per heavy atom. The highest BCUT2D eigenvalue weighted by molar-refractivity contribution is 7.89. The van der Waals surface area contributed by atoms with E-state index in [4.69, 9.17) is 16.3 Å². The summed E-state index contributed by atoms with van der Waals surface area (Å²) in [5.74, 6) is 0.318. The standard InChI is InChI=1S/C25H27ClN2O4S/c1-18-7-13-23(14-8-18)33(30,31)28(16-21-5-4-6-24(26)19(21)2)17-25(29)27-15-20-9-11-22(32-3)12-10-20/h4-14H,15-17H2,1-3H3,(H,27,29). The Morgan fingerprint density at radius 1 is 1.00 bits per heavy atom. The number of amides is 1. The van der Waals surface area contributed by atoms with E-state index in [1.54, 1.807) is 55.6 Å². The van der Waals surface area contributed by atoms with Crippen LogP contribution in [0.1, 0.15) is 22.3 Å². The Balaban J connectivity index is 1.81. The Bertz CT molecular complexity index is 1210. The molecule has 0 saturated heterocycles. The van der Waals surface area contributed by atoms with E-state index in [2.05, 4.69) is 5.32 Å². The second-order valence-corrected chi connectivity index (χ2v) is 10.1. The fourth-order valence-corrected chi connectivity index (χ4v) is 4.83. The summed E-state index contributed by atoms with van der Waals surface area (Å²) in [7, 11) is -2.33. The van der Waals surface area contributed by atoms with Crippen LogP contribution in [-0.2, 0) is 27.9 Å². The topological polar surface area (TPSA) is 75.7 Å². The number of methoxy groups -OCH3 is 1. The van der Waals surface area contributed by atoms with Crippen molar-refractivity contribution in [1.82, 2.24) is 9.62 Å². The van der Waals surface area contributed by atoms with Gasteiger partial charge in [0.25, 0.3) is 0 Å². The number of nitrogens with zero attached hydrogens (tertiary/aromatic N) is 1. The summed E-state index contributed by atoms with van der Waals surface area (Å²) < 4.78 is 33.2. The van der Waals surface area contributed by atoms with Crippen LogP contribution in [0.5, 0.6) is 5.75 Å². The minimum Gasteiger partial charge on any atom is -0.497 e. The van der Waals surface area contributed by atoms with Gasteiger partial charge >= 0.3 is 0 Å². The maximum absolute atomic E-state index is 13.4. The molecule has 0 radical (unpaired) electrons. The third-order valence-corrected chi connectivity index (χ3v) is 7.57. The molecule has 3 aromatic rings. The molecule has 0 aromatic heterocycles. The SMILES string of the molecule is COc1ccc(CNC(=O)CN(Cc2cccc(Cl)c2C)S(=O)(=O)c2ccc(C)cc2)cc1. The van der Waals surface area contributed by atoms with Crippen molar-refractivity contribution in [3.8, 4) is 5.75 Å². The van der Waals surface area contributed by atoms with Crippen LogP contribution >= 0.6 is 11.6 Å². The molecule has 6 nitrogen and oxygen atoms in total. The minimum atomic E-state index is -3.92. The number of ether oxygens (including phenoxy) is 1. The van der Waals surface area contributed by atoms with Gasteiger partial charge in [0, 0.05) is 18.1 Å². The molecule has 0 bridgehead atoms. The predicted octanol–water partition coefficient (Wildman–Crippen LogP) is 4.47. The van der Waals surface area contributed by atoms with Crippen molar-refractivity contribution in [2.24, 2.45) is 0 Å². The van der Waals surface area contributed by atoms with Gasteiger partial charge in [0.2, 0.25) is 15.9 Å². The van der Waals surface area contributed by atoms with Crippen molar-refractivity contribution < 1.29 is 17.9 Å². The monoisotopic (exact) mass is 486 g/mol. The van der Waals surface area contributed by atoms with Gasteiger partial charge in [-0.25, -0.2) is 8.42 Å². The largest absolute Gasteiger partial charge is 0.497 e. The second kappa shape index (κ2) is 10.8. The third-order valence-electron chi connectivity index (χ3n) is 5.35. The van der Waals surface area contributed by atoms with Gasteiger partial charge < -0.3 is 10.1 Å². The smallest absolute Gasteiger partial charge is 0.243 e. The molecule has 0 spiro atoms. The Morgan fingerprint density at radius 2 is 1.67 bits per heavy atom. The number of carbonyl (C=O) groups is 1. The van der Waals surface area contributed by atoms with E-state index in [1.165, 1.54) is 4.31 Å². The van der Waals surface area contributed by atoms with E-state index in [1.807, 2.05) is 32.0 Å². The number of rotatable bonds is 9. The molecule has 33 heavy (non-hydrogen) atoms. The summed E-state index contributed by atoms with van der Waals surface area (Å²) in [5, 5.41) is 3.34. The number of sulfonamides is 1. The molecule has 0 unspecified atom stereocenters. The van der Waals surface area contributed by atoms with E-state index < -0.39 is 15.9 Å². The van der Waals surface area contributed by atoms with Gasteiger partial charge in [-0.05, 0) is 60.9 Å². The molecule has 174 valence electrons. The zero-order valence-corrected chi connectivity index (χ0v) is 20.4. The van der Waals surface area contributed by atoms with Crippen LogP contribution in [0.2, 0.25) is 5.02 Å². The van der Waals surface area contributed by atoms with Gasteiger partial charge in [-0.1, -0.05) is 53.6 Å². The lowest BCUT2D eigenvalue weighted by Gasteiger charge is -2.23. The average Bonchev–Trinajstić information content (AvgIpc) is 2.80. The van der Waals surface area contributed by atoms with Gasteiger partial charge in [0.05, 0.1) is 18.6 Å². The zero-order valence-electron chi connectivity index (χ0n) is 18.8. The lowest BCUT2D eigenvalue weighted by molar-refractivity contribution is -0.121. The first kappa shape index (κ1) is 24.8. The van der Waals surface area contributed by atoms with Crippen LogP contribution in [0.4, 0.5) is 0 Å². The molecule has 0 heterocycles. The van der Waals surface area contributed by atoms with Crippen molar-refractivity contribution >= 4 is 27.5 Å². The fourth-order valence-electron chi connectivity index (χ4n) is 3.26. The Labute approximate surface area is 200 Å². The molecule has 0 saturated carbocycles. The summed E-state index contributed by atoms with van der Waals surface area (Å²) in [5.41, 5.74) is 3.34. The molecule has 0 aliphatic heterocycles. The van der Waals surface area contributed by atoms with E-state index in [0.29, 0.717) is 5.02 Å². The number of halogens is 1. The van der Waals surface area contributed by atoms with Crippen LogP contribution in [-0.4, -0.2) is 32.3 Å². The fraction of sp³-hybridized carbons (Fsp3) is 0.240. The molecular formula is C25H27ClN2O4S. The van der Waals surface area contributed by atoms with Crippen molar-refractivity contribution in [2.75, 3.05) is 13.7 Å². The third kappa shape index (κ3) is 6.35. The number of benzene rings is 3. The summed E-state index contributed by atoms with van der Waals surface area (Å²) in [4.78, 5) is 12.9. The van der Waals surface area contributed by atoms with Crippen LogP contribution in [0.25, 0.3) is 0 Å². The van der Waals surface area contributed by atoms with Crippen molar-refractivity contribution in [2.45, 2.75) is 31.8 Å². The first-order valence-electron chi connectivity index (χ1n) is 10.4. The lowest BCUT2D eigenvalue weighted by Crippen LogP contribution is -2.40. The van der Waals surface area contributed by atoms with E-state index in [9.17, 15) is 13.2 Å². The first-order chi connectivity index (χ1) is 15.7. The molecule has 3 rings (SSSR count). The number of hydrogen-bond donors (Lipinski definition) is 1. The average molecular weight is 487 g/mol. The molecular weight excluding hydrogens is 460 g/mol. The van der Waals surface area contributed by atoms with Gasteiger partial charge in [-0.2, -0.15) is 4.31 Å². The minimum absolute atomic E-state index is 0.0263. The van der Waals surface area contributed by atoms with Crippen LogP contribution in [0.15, 0.2) is 71.6 Å². The van der Waals surface area contributed by atoms with Crippen molar-refractivity contribution in [3.63, 3.8) is 0 Å². The van der Waals surface area contributed by atoms with Gasteiger partial charge in [-0.3, -0.25) is 4.79 Å². The highest BCUT2D eigenvalue weighted by Crippen LogP contribution is 2.24.